The third-order valence-electron chi connectivity index (χ3n) is 6.98. The lowest BCUT2D eigenvalue weighted by molar-refractivity contribution is 0.248. The van der Waals surface area contributed by atoms with Crippen LogP contribution in [-0.4, -0.2) is 39.5 Å². The second-order valence-corrected chi connectivity index (χ2v) is 10.2. The van der Waals surface area contributed by atoms with Crippen molar-refractivity contribution < 1.29 is 4.39 Å². The van der Waals surface area contributed by atoms with Gasteiger partial charge in [-0.2, -0.15) is 11.3 Å². The summed E-state index contributed by atoms with van der Waals surface area (Å²) in [5, 5.41) is 4.13. The molecule has 1 aliphatic rings. The third-order valence-corrected chi connectivity index (χ3v) is 7.66. The zero-order valence-corrected chi connectivity index (χ0v) is 23.1. The van der Waals surface area contributed by atoms with Gasteiger partial charge in [0.15, 0.2) is 5.65 Å². The van der Waals surface area contributed by atoms with Gasteiger partial charge in [-0.3, -0.25) is 4.90 Å². The van der Waals surface area contributed by atoms with Gasteiger partial charge in [-0.15, -0.1) is 12.8 Å². The standard InChI is InChI=1S/C30H32FN5S.C2H2/c1-3-20(18-36-13-6-5-7-14-36)16-21(4-2)23-8-9-26(32)25(28(23)31)17-27-34-29-24(22-11-15-37-19-22)10-12-33-30(29)35-27;1-2/h3-4,8-12,15-16,19H,1,5-7,13-14,17-18,32H2,2H3,(H,33,34,35);1-2H/b20-16+,21-4+;. The van der Waals surface area contributed by atoms with Crippen molar-refractivity contribution in [3.8, 4) is 24.0 Å². The van der Waals surface area contributed by atoms with Gasteiger partial charge in [0, 0.05) is 41.5 Å². The summed E-state index contributed by atoms with van der Waals surface area (Å²) in [5.41, 5.74) is 13.1. The van der Waals surface area contributed by atoms with E-state index < -0.39 is 0 Å². The molecule has 0 unspecified atom stereocenters. The number of rotatable bonds is 8. The van der Waals surface area contributed by atoms with E-state index in [1.165, 1.54) is 19.3 Å². The summed E-state index contributed by atoms with van der Waals surface area (Å²) in [6.07, 6.45) is 19.6. The van der Waals surface area contributed by atoms with E-state index >= 15 is 4.39 Å². The SMILES string of the molecule is C#C.C=C/C(=C\C(=C/C)c1ccc(N)c(Cc2nc3nccc(-c4ccsc4)c3[nH]2)c1F)CN1CCCCC1. The van der Waals surface area contributed by atoms with E-state index in [-0.39, 0.29) is 12.2 Å². The lowest BCUT2D eigenvalue weighted by Gasteiger charge is -2.26. The smallest absolute Gasteiger partial charge is 0.178 e. The van der Waals surface area contributed by atoms with Crippen LogP contribution < -0.4 is 5.73 Å². The maximum Gasteiger partial charge on any atom is 0.178 e. The molecule has 0 amide bonds. The number of hydrogen-bond donors (Lipinski definition) is 2. The fourth-order valence-corrected chi connectivity index (χ4v) is 5.62. The summed E-state index contributed by atoms with van der Waals surface area (Å²) in [4.78, 5) is 14.9. The lowest BCUT2D eigenvalue weighted by Crippen LogP contribution is -2.31. The highest BCUT2D eigenvalue weighted by Gasteiger charge is 2.18. The first-order valence-electron chi connectivity index (χ1n) is 13.1. The molecular formula is C32H34FN5S. The maximum atomic E-state index is 16.0. The molecule has 4 aromatic rings. The second-order valence-electron chi connectivity index (χ2n) is 9.43. The molecule has 1 aliphatic heterocycles. The highest BCUT2D eigenvalue weighted by Crippen LogP contribution is 2.31. The Morgan fingerprint density at radius 2 is 2.00 bits per heavy atom. The Labute approximate surface area is 234 Å². The number of nitrogens with two attached hydrogens (primary N) is 1. The van der Waals surface area contributed by atoms with Gasteiger partial charge in [0.05, 0.1) is 5.52 Å². The Kier molecular flexibility index (Phi) is 9.48. The van der Waals surface area contributed by atoms with Gasteiger partial charge in [-0.25, -0.2) is 14.4 Å². The number of fused-ring (bicyclic) bond motifs is 1. The molecule has 0 aliphatic carbocycles. The number of nitrogen functional groups attached to an aromatic ring is 1. The van der Waals surface area contributed by atoms with Crippen molar-refractivity contribution in [2.75, 3.05) is 25.4 Å². The third kappa shape index (κ3) is 6.36. The molecule has 0 atom stereocenters. The molecule has 3 aromatic heterocycles. The number of nitrogens with one attached hydrogen (secondary N) is 1. The van der Waals surface area contributed by atoms with Crippen molar-refractivity contribution in [2.45, 2.75) is 32.6 Å². The van der Waals surface area contributed by atoms with Gasteiger partial charge in [0.1, 0.15) is 11.6 Å². The van der Waals surface area contributed by atoms with E-state index in [1.54, 1.807) is 29.7 Å². The van der Waals surface area contributed by atoms with Gasteiger partial charge in [-0.05, 0) is 84.6 Å². The van der Waals surface area contributed by atoms with Crippen LogP contribution in [0.1, 0.15) is 43.1 Å². The predicted octanol–water partition coefficient (Wildman–Crippen LogP) is 7.25. The van der Waals surface area contributed by atoms with Gasteiger partial charge in [-0.1, -0.05) is 31.2 Å². The van der Waals surface area contributed by atoms with Crippen LogP contribution in [0.3, 0.4) is 0 Å². The minimum absolute atomic E-state index is 0.244. The molecule has 0 bridgehead atoms. The molecule has 1 saturated heterocycles. The topological polar surface area (TPSA) is 70.8 Å². The van der Waals surface area contributed by atoms with Crippen LogP contribution in [0.15, 0.2) is 71.6 Å². The average Bonchev–Trinajstić information content (AvgIpc) is 3.65. The number of terminal acetylenes is 1. The molecule has 1 aromatic carbocycles. The number of allylic oxidation sites excluding steroid dienone is 3. The summed E-state index contributed by atoms with van der Waals surface area (Å²) < 4.78 is 16.0. The van der Waals surface area contributed by atoms with Crippen molar-refractivity contribution in [2.24, 2.45) is 0 Å². The number of nitrogens with zero attached hydrogens (tertiary/aromatic N) is 3. The number of hydrogen-bond acceptors (Lipinski definition) is 5. The number of imidazole rings is 1. The Balaban J connectivity index is 0.00000172. The van der Waals surface area contributed by atoms with Gasteiger partial charge in [0.25, 0.3) is 0 Å². The largest absolute Gasteiger partial charge is 0.398 e. The Bertz CT molecular complexity index is 1500. The minimum atomic E-state index is -0.322. The van der Waals surface area contributed by atoms with E-state index in [9.17, 15) is 0 Å². The molecule has 0 radical (unpaired) electrons. The molecule has 5 nitrogen and oxygen atoms in total. The van der Waals surface area contributed by atoms with E-state index in [1.807, 2.05) is 36.6 Å². The number of H-pyrrole nitrogens is 1. The number of pyridine rings is 1. The zero-order valence-electron chi connectivity index (χ0n) is 22.3. The maximum absolute atomic E-state index is 16.0. The summed E-state index contributed by atoms with van der Waals surface area (Å²) in [7, 11) is 0. The number of benzene rings is 1. The number of aromatic nitrogens is 3. The van der Waals surface area contributed by atoms with Crippen molar-refractivity contribution in [1.29, 1.82) is 0 Å². The highest BCUT2D eigenvalue weighted by atomic mass is 32.1. The lowest BCUT2D eigenvalue weighted by atomic mass is 9.96. The van der Waals surface area contributed by atoms with Crippen LogP contribution in [0.2, 0.25) is 0 Å². The fourth-order valence-electron chi connectivity index (χ4n) is 4.97. The summed E-state index contributed by atoms with van der Waals surface area (Å²) in [6, 6.07) is 7.57. The molecule has 4 heterocycles. The first kappa shape index (κ1) is 28.0. The number of thiophene rings is 1. The molecule has 39 heavy (non-hydrogen) atoms. The van der Waals surface area contributed by atoms with Gasteiger partial charge < -0.3 is 10.7 Å². The molecular weight excluding hydrogens is 505 g/mol. The minimum Gasteiger partial charge on any atom is -0.398 e. The summed E-state index contributed by atoms with van der Waals surface area (Å²) in [6.45, 7) is 8.95. The predicted molar refractivity (Wildman–Crippen MR) is 163 cm³/mol. The normalized spacial score (nSPS) is 14.7. The number of likely N-dealkylation sites (tertiary alicyclic amines) is 1. The van der Waals surface area contributed by atoms with Crippen LogP contribution >= 0.6 is 11.3 Å². The van der Waals surface area contributed by atoms with E-state index in [0.717, 1.165) is 47.4 Å². The first-order chi connectivity index (χ1) is 19.1. The van der Waals surface area contributed by atoms with Crippen molar-refractivity contribution >= 4 is 33.8 Å². The molecule has 0 spiro atoms. The summed E-state index contributed by atoms with van der Waals surface area (Å²) >= 11 is 1.64. The average molecular weight is 540 g/mol. The Hall–Kier alpha value is -3.99. The van der Waals surface area contributed by atoms with Crippen LogP contribution in [0, 0.1) is 18.7 Å². The molecule has 5 rings (SSSR count). The number of halogens is 1. The molecule has 7 heteroatoms. The van der Waals surface area contributed by atoms with Crippen LogP contribution in [0.5, 0.6) is 0 Å². The second kappa shape index (κ2) is 13.2. The molecule has 0 saturated carbocycles. The quantitative estimate of drug-likeness (QED) is 0.141. The number of anilines is 1. The van der Waals surface area contributed by atoms with Crippen molar-refractivity contribution in [1.82, 2.24) is 19.9 Å². The zero-order chi connectivity index (χ0) is 27.8. The highest BCUT2D eigenvalue weighted by molar-refractivity contribution is 7.08. The van der Waals surface area contributed by atoms with Crippen molar-refractivity contribution in [3.05, 3.63) is 94.4 Å². The monoisotopic (exact) mass is 539 g/mol. The van der Waals surface area contributed by atoms with Crippen LogP contribution in [0.4, 0.5) is 10.1 Å². The Morgan fingerprint density at radius 1 is 1.21 bits per heavy atom. The van der Waals surface area contributed by atoms with Crippen LogP contribution in [0.25, 0.3) is 27.9 Å². The Morgan fingerprint density at radius 3 is 2.69 bits per heavy atom. The van der Waals surface area contributed by atoms with Crippen molar-refractivity contribution in [3.63, 3.8) is 0 Å². The van der Waals surface area contributed by atoms with Crippen LogP contribution in [-0.2, 0) is 6.42 Å². The first-order valence-corrected chi connectivity index (χ1v) is 14.0. The molecule has 200 valence electrons. The fraction of sp³-hybridized carbons (Fsp3) is 0.250. The van der Waals surface area contributed by atoms with E-state index in [2.05, 4.69) is 50.7 Å². The number of aromatic amines is 1. The molecule has 1 fully saturated rings. The van der Waals surface area contributed by atoms with E-state index in [0.29, 0.717) is 28.3 Å². The van der Waals surface area contributed by atoms with E-state index in [4.69, 9.17) is 5.73 Å². The number of piperidine rings is 1. The summed E-state index contributed by atoms with van der Waals surface area (Å²) in [5.74, 6) is 0.305. The van der Waals surface area contributed by atoms with Gasteiger partial charge >= 0.3 is 0 Å². The van der Waals surface area contributed by atoms with Gasteiger partial charge in [0.2, 0.25) is 0 Å². The molecule has 3 N–H and O–H groups in total.